The summed E-state index contributed by atoms with van der Waals surface area (Å²) in [5.41, 5.74) is 1.50. The number of rotatable bonds is 4. The van der Waals surface area contributed by atoms with E-state index in [1.54, 1.807) is 6.26 Å². The molecule has 4 rings (SSSR count). The van der Waals surface area contributed by atoms with Crippen LogP contribution in [-0.4, -0.2) is 26.8 Å². The van der Waals surface area contributed by atoms with Crippen LogP contribution in [0.5, 0.6) is 0 Å². The second-order valence-electron chi connectivity index (χ2n) is 6.56. The monoisotopic (exact) mass is 355 g/mol. The van der Waals surface area contributed by atoms with Crippen LogP contribution in [-0.2, 0) is 7.05 Å². The Labute approximate surface area is 150 Å². The molecule has 1 amide bonds. The van der Waals surface area contributed by atoms with E-state index < -0.39 is 0 Å². The van der Waals surface area contributed by atoms with Gasteiger partial charge in [0.25, 0.3) is 5.91 Å². The SMILES string of the molecule is Cn1ccnc1SC1CCC(NC(=O)c2ccc3occc3c2)CC1. The second-order valence-corrected chi connectivity index (χ2v) is 7.83. The topological polar surface area (TPSA) is 60.1 Å². The Bertz CT molecular complexity index is 878. The second kappa shape index (κ2) is 6.96. The number of aryl methyl sites for hydroxylation is 1. The molecule has 1 aliphatic carbocycles. The maximum atomic E-state index is 12.5. The van der Waals surface area contributed by atoms with Crippen LogP contribution in [0, 0.1) is 0 Å². The van der Waals surface area contributed by atoms with Crippen molar-refractivity contribution in [2.45, 2.75) is 42.1 Å². The van der Waals surface area contributed by atoms with Gasteiger partial charge in [0.05, 0.1) is 6.26 Å². The summed E-state index contributed by atoms with van der Waals surface area (Å²) in [5, 5.41) is 5.79. The van der Waals surface area contributed by atoms with Crippen LogP contribution in [0.15, 0.2) is 52.5 Å². The average molecular weight is 355 g/mol. The molecule has 2 aromatic heterocycles. The Morgan fingerprint density at radius 2 is 2.12 bits per heavy atom. The highest BCUT2D eigenvalue weighted by Gasteiger charge is 2.24. The number of furan rings is 1. The summed E-state index contributed by atoms with van der Waals surface area (Å²) in [7, 11) is 2.03. The molecule has 1 saturated carbocycles. The van der Waals surface area contributed by atoms with Gasteiger partial charge in [-0.05, 0) is 49.9 Å². The lowest BCUT2D eigenvalue weighted by atomic mass is 9.94. The van der Waals surface area contributed by atoms with Gasteiger partial charge < -0.3 is 14.3 Å². The quantitative estimate of drug-likeness (QED) is 0.768. The van der Waals surface area contributed by atoms with Crippen LogP contribution in [0.3, 0.4) is 0 Å². The third-order valence-electron chi connectivity index (χ3n) is 4.77. The molecule has 130 valence electrons. The van der Waals surface area contributed by atoms with Gasteiger partial charge in [-0.3, -0.25) is 4.79 Å². The zero-order valence-electron chi connectivity index (χ0n) is 14.1. The molecule has 25 heavy (non-hydrogen) atoms. The van der Waals surface area contributed by atoms with E-state index in [0.29, 0.717) is 10.8 Å². The summed E-state index contributed by atoms with van der Waals surface area (Å²) in [6.45, 7) is 0. The largest absolute Gasteiger partial charge is 0.464 e. The van der Waals surface area contributed by atoms with Gasteiger partial charge in [-0.25, -0.2) is 4.98 Å². The molecule has 0 atom stereocenters. The zero-order valence-corrected chi connectivity index (χ0v) is 15.0. The maximum Gasteiger partial charge on any atom is 0.251 e. The van der Waals surface area contributed by atoms with Crippen molar-refractivity contribution in [3.05, 3.63) is 48.5 Å². The molecule has 0 radical (unpaired) electrons. The summed E-state index contributed by atoms with van der Waals surface area (Å²) >= 11 is 1.85. The lowest BCUT2D eigenvalue weighted by Crippen LogP contribution is -2.38. The molecular weight excluding hydrogens is 334 g/mol. The number of aromatic nitrogens is 2. The van der Waals surface area contributed by atoms with Crippen LogP contribution in [0.25, 0.3) is 11.0 Å². The van der Waals surface area contributed by atoms with Gasteiger partial charge in [0, 0.05) is 41.7 Å². The number of carbonyl (C=O) groups is 1. The van der Waals surface area contributed by atoms with E-state index in [4.69, 9.17) is 4.42 Å². The number of hydrogen-bond acceptors (Lipinski definition) is 4. The Kier molecular flexibility index (Phi) is 4.53. The minimum Gasteiger partial charge on any atom is -0.464 e. The fourth-order valence-corrected chi connectivity index (χ4v) is 4.47. The van der Waals surface area contributed by atoms with E-state index in [0.717, 1.165) is 41.8 Å². The van der Waals surface area contributed by atoms with Gasteiger partial charge in [-0.2, -0.15) is 0 Å². The summed E-state index contributed by atoms with van der Waals surface area (Å²) in [6, 6.07) is 7.70. The smallest absolute Gasteiger partial charge is 0.251 e. The van der Waals surface area contributed by atoms with Crippen molar-refractivity contribution in [2.24, 2.45) is 7.05 Å². The highest BCUT2D eigenvalue weighted by atomic mass is 32.2. The number of hydrogen-bond donors (Lipinski definition) is 1. The van der Waals surface area contributed by atoms with Crippen molar-refractivity contribution >= 4 is 28.6 Å². The maximum absolute atomic E-state index is 12.5. The minimum atomic E-state index is 0.00306. The first kappa shape index (κ1) is 16.3. The Hall–Kier alpha value is -2.21. The zero-order chi connectivity index (χ0) is 17.2. The predicted molar refractivity (Wildman–Crippen MR) is 98.8 cm³/mol. The summed E-state index contributed by atoms with van der Waals surface area (Å²) in [5.74, 6) is 0.00306. The lowest BCUT2D eigenvalue weighted by Gasteiger charge is -2.28. The molecule has 0 bridgehead atoms. The average Bonchev–Trinajstić information content (AvgIpc) is 3.25. The first-order valence-corrected chi connectivity index (χ1v) is 9.49. The van der Waals surface area contributed by atoms with Crippen molar-refractivity contribution in [3.63, 3.8) is 0 Å². The minimum absolute atomic E-state index is 0.00306. The van der Waals surface area contributed by atoms with E-state index >= 15 is 0 Å². The van der Waals surface area contributed by atoms with Crippen molar-refractivity contribution in [2.75, 3.05) is 0 Å². The fraction of sp³-hybridized carbons (Fsp3) is 0.368. The predicted octanol–water partition coefficient (Wildman–Crippen LogP) is 4.00. The number of carbonyl (C=O) groups excluding carboxylic acids is 1. The van der Waals surface area contributed by atoms with Crippen molar-refractivity contribution in [1.82, 2.24) is 14.9 Å². The van der Waals surface area contributed by atoms with E-state index in [2.05, 4.69) is 14.9 Å². The van der Waals surface area contributed by atoms with Gasteiger partial charge in [0.1, 0.15) is 5.58 Å². The molecule has 1 N–H and O–H groups in total. The normalized spacial score (nSPS) is 20.7. The molecule has 2 heterocycles. The molecule has 1 aromatic carbocycles. The summed E-state index contributed by atoms with van der Waals surface area (Å²) in [4.78, 5) is 16.9. The van der Waals surface area contributed by atoms with Gasteiger partial charge in [-0.1, -0.05) is 11.8 Å². The number of imidazole rings is 1. The third-order valence-corrected chi connectivity index (χ3v) is 6.18. The van der Waals surface area contributed by atoms with Crippen LogP contribution < -0.4 is 5.32 Å². The van der Waals surface area contributed by atoms with Crippen molar-refractivity contribution in [3.8, 4) is 0 Å². The number of nitrogens with zero attached hydrogens (tertiary/aromatic N) is 2. The third kappa shape index (κ3) is 3.58. The molecule has 0 saturated heterocycles. The van der Waals surface area contributed by atoms with Crippen molar-refractivity contribution < 1.29 is 9.21 Å². The standard InChI is InChI=1S/C19H21N3O2S/c1-22-10-9-20-19(22)25-16-5-3-15(4-6-16)21-18(23)14-2-7-17-13(12-14)8-11-24-17/h2,7-12,15-16H,3-6H2,1H3,(H,21,23). The van der Waals surface area contributed by atoms with Crippen LogP contribution in [0.2, 0.25) is 0 Å². The molecule has 0 aliphatic heterocycles. The van der Waals surface area contributed by atoms with Gasteiger partial charge in [0.15, 0.2) is 5.16 Å². The summed E-state index contributed by atoms with van der Waals surface area (Å²) in [6.07, 6.45) is 9.69. The number of amides is 1. The fourth-order valence-electron chi connectivity index (χ4n) is 3.32. The number of thioether (sulfide) groups is 1. The van der Waals surface area contributed by atoms with E-state index in [9.17, 15) is 4.79 Å². The molecule has 6 heteroatoms. The number of benzene rings is 1. The highest BCUT2D eigenvalue weighted by molar-refractivity contribution is 7.99. The van der Waals surface area contributed by atoms with Gasteiger partial charge in [0.2, 0.25) is 0 Å². The van der Waals surface area contributed by atoms with E-state index in [-0.39, 0.29) is 11.9 Å². The highest BCUT2D eigenvalue weighted by Crippen LogP contribution is 2.32. The lowest BCUT2D eigenvalue weighted by molar-refractivity contribution is 0.0928. The molecule has 1 aliphatic rings. The van der Waals surface area contributed by atoms with Crippen LogP contribution in [0.1, 0.15) is 36.0 Å². The molecule has 1 fully saturated rings. The number of nitrogens with one attached hydrogen (secondary N) is 1. The first-order chi connectivity index (χ1) is 12.2. The molecule has 3 aromatic rings. The first-order valence-electron chi connectivity index (χ1n) is 8.61. The molecule has 0 unspecified atom stereocenters. The van der Waals surface area contributed by atoms with Crippen LogP contribution >= 0.6 is 11.8 Å². The van der Waals surface area contributed by atoms with Gasteiger partial charge >= 0.3 is 0 Å². The van der Waals surface area contributed by atoms with Crippen molar-refractivity contribution in [1.29, 1.82) is 0 Å². The molecule has 5 nitrogen and oxygen atoms in total. The van der Waals surface area contributed by atoms with Crippen LogP contribution in [0.4, 0.5) is 0 Å². The Balaban J connectivity index is 1.32. The summed E-state index contributed by atoms with van der Waals surface area (Å²) < 4.78 is 7.38. The Morgan fingerprint density at radius 3 is 2.88 bits per heavy atom. The Morgan fingerprint density at radius 1 is 1.28 bits per heavy atom. The van der Waals surface area contributed by atoms with E-state index in [1.165, 1.54) is 0 Å². The van der Waals surface area contributed by atoms with E-state index in [1.807, 2.05) is 55.5 Å². The molecular formula is C19H21N3O2S. The number of fused-ring (bicyclic) bond motifs is 1. The van der Waals surface area contributed by atoms with Gasteiger partial charge in [-0.15, -0.1) is 0 Å². The molecule has 0 spiro atoms.